The fourth-order valence-corrected chi connectivity index (χ4v) is 0.783. The van der Waals surface area contributed by atoms with E-state index in [0.29, 0.717) is 5.91 Å². The molecule has 0 spiro atoms. The number of amides is 1. The van der Waals surface area contributed by atoms with Crippen LogP contribution in [-0.2, 0) is 4.79 Å². The van der Waals surface area contributed by atoms with Crippen molar-refractivity contribution >= 4 is 12.1 Å². The Balaban J connectivity index is 0.000000218. The zero-order valence-electron chi connectivity index (χ0n) is 6.28. The molecular formula is C6H11NO4. The van der Waals surface area contributed by atoms with Crippen LogP contribution in [0.5, 0.6) is 0 Å². The molecule has 0 aromatic rings. The second kappa shape index (κ2) is 4.54. The molecule has 1 heterocycles. The van der Waals surface area contributed by atoms with Crippen LogP contribution < -0.4 is 0 Å². The number of hydrogen-bond donors (Lipinski definition) is 2. The molecule has 0 saturated carbocycles. The zero-order valence-corrected chi connectivity index (χ0v) is 6.28. The largest absolute Gasteiger partial charge is 0.503 e. The summed E-state index contributed by atoms with van der Waals surface area (Å²) in [4.78, 5) is 20.8. The highest BCUT2D eigenvalue weighted by atomic mass is 16.6. The van der Waals surface area contributed by atoms with Gasteiger partial charge in [-0.05, 0) is 6.42 Å². The van der Waals surface area contributed by atoms with Gasteiger partial charge in [0.25, 0.3) is 0 Å². The summed E-state index contributed by atoms with van der Waals surface area (Å²) in [5, 5.41) is 13.9. The smallest absolute Gasteiger partial charge is 0.450 e. The highest BCUT2D eigenvalue weighted by Gasteiger charge is 2.14. The summed E-state index contributed by atoms with van der Waals surface area (Å²) >= 11 is 0. The Morgan fingerprint density at radius 1 is 1.55 bits per heavy atom. The van der Waals surface area contributed by atoms with Crippen molar-refractivity contribution in [1.29, 1.82) is 0 Å². The van der Waals surface area contributed by atoms with Crippen molar-refractivity contribution in [2.75, 3.05) is 13.6 Å². The van der Waals surface area contributed by atoms with Gasteiger partial charge in [-0.3, -0.25) is 4.79 Å². The third-order valence-corrected chi connectivity index (χ3v) is 1.31. The van der Waals surface area contributed by atoms with E-state index >= 15 is 0 Å². The van der Waals surface area contributed by atoms with Crippen LogP contribution in [-0.4, -0.2) is 40.8 Å². The van der Waals surface area contributed by atoms with E-state index in [-0.39, 0.29) is 0 Å². The van der Waals surface area contributed by atoms with Crippen LogP contribution in [0.4, 0.5) is 4.79 Å². The minimum atomic E-state index is -1.83. The summed E-state index contributed by atoms with van der Waals surface area (Å²) in [6.07, 6.45) is -0.0220. The van der Waals surface area contributed by atoms with E-state index in [1.807, 2.05) is 7.05 Å². The maximum absolute atomic E-state index is 10.5. The number of likely N-dealkylation sites (tertiary alicyclic amines) is 1. The molecule has 5 heteroatoms. The van der Waals surface area contributed by atoms with Gasteiger partial charge in [-0.15, -0.1) is 0 Å². The van der Waals surface area contributed by atoms with Crippen molar-refractivity contribution in [1.82, 2.24) is 4.90 Å². The first-order chi connectivity index (χ1) is 5.04. The number of nitrogens with zero attached hydrogens (tertiary/aromatic N) is 1. The van der Waals surface area contributed by atoms with Gasteiger partial charge in [0.2, 0.25) is 5.91 Å². The van der Waals surface area contributed by atoms with E-state index in [0.717, 1.165) is 19.4 Å². The molecular weight excluding hydrogens is 150 g/mol. The monoisotopic (exact) mass is 161 g/mol. The number of carboxylic acid groups (broad SMARTS) is 2. The first-order valence-electron chi connectivity index (χ1n) is 3.20. The molecule has 0 bridgehead atoms. The topological polar surface area (TPSA) is 77.8 Å². The standard InChI is InChI=1S/C5H9NO.CH2O3/c1-6-4-2-3-5(6)7;2-1(3)4/h2-4H2,1H3;(H2,2,3,4). The van der Waals surface area contributed by atoms with Gasteiger partial charge in [0.1, 0.15) is 0 Å². The van der Waals surface area contributed by atoms with Crippen molar-refractivity contribution in [3.63, 3.8) is 0 Å². The van der Waals surface area contributed by atoms with E-state index in [1.54, 1.807) is 4.90 Å². The van der Waals surface area contributed by atoms with E-state index < -0.39 is 6.16 Å². The Bertz CT molecular complexity index is 153. The van der Waals surface area contributed by atoms with Crippen molar-refractivity contribution in [2.45, 2.75) is 12.8 Å². The predicted molar refractivity (Wildman–Crippen MR) is 37.5 cm³/mol. The molecule has 1 fully saturated rings. The normalized spacial score (nSPS) is 15.7. The van der Waals surface area contributed by atoms with Gasteiger partial charge in [-0.25, -0.2) is 4.79 Å². The summed E-state index contributed by atoms with van der Waals surface area (Å²) in [6.45, 7) is 0.957. The third kappa shape index (κ3) is 5.20. The van der Waals surface area contributed by atoms with Gasteiger partial charge in [0.05, 0.1) is 0 Å². The van der Waals surface area contributed by atoms with Crippen LogP contribution in [0.3, 0.4) is 0 Å². The van der Waals surface area contributed by atoms with E-state index in [4.69, 9.17) is 15.0 Å². The summed E-state index contributed by atoms with van der Waals surface area (Å²) < 4.78 is 0. The molecule has 5 nitrogen and oxygen atoms in total. The molecule has 0 radical (unpaired) electrons. The molecule has 0 aliphatic carbocycles. The van der Waals surface area contributed by atoms with Crippen molar-refractivity contribution in [2.24, 2.45) is 0 Å². The van der Waals surface area contributed by atoms with Gasteiger partial charge in [-0.1, -0.05) is 0 Å². The van der Waals surface area contributed by atoms with E-state index in [2.05, 4.69) is 0 Å². The molecule has 0 atom stereocenters. The highest BCUT2D eigenvalue weighted by Crippen LogP contribution is 2.04. The lowest BCUT2D eigenvalue weighted by Gasteiger charge is -2.03. The Morgan fingerprint density at radius 2 is 2.00 bits per heavy atom. The summed E-state index contributed by atoms with van der Waals surface area (Å²) in [7, 11) is 1.84. The Kier molecular flexibility index (Phi) is 4.02. The molecule has 1 aliphatic rings. The van der Waals surface area contributed by atoms with Crippen LogP contribution in [0, 0.1) is 0 Å². The summed E-state index contributed by atoms with van der Waals surface area (Å²) in [6, 6.07) is 0. The minimum absolute atomic E-state index is 0.292. The second-order valence-electron chi connectivity index (χ2n) is 2.20. The number of rotatable bonds is 0. The number of carbonyl (C=O) groups excluding carboxylic acids is 1. The highest BCUT2D eigenvalue weighted by molar-refractivity contribution is 5.77. The van der Waals surface area contributed by atoms with E-state index in [9.17, 15) is 4.79 Å². The average molecular weight is 161 g/mol. The van der Waals surface area contributed by atoms with Crippen molar-refractivity contribution in [3.8, 4) is 0 Å². The minimum Gasteiger partial charge on any atom is -0.450 e. The molecule has 2 N–H and O–H groups in total. The van der Waals surface area contributed by atoms with Crippen LogP contribution >= 0.6 is 0 Å². The quantitative estimate of drug-likeness (QED) is 0.541. The van der Waals surface area contributed by atoms with Gasteiger partial charge < -0.3 is 15.1 Å². The Hall–Kier alpha value is -1.26. The molecule has 0 aromatic heterocycles. The van der Waals surface area contributed by atoms with Gasteiger partial charge >= 0.3 is 6.16 Å². The fourth-order valence-electron chi connectivity index (χ4n) is 0.783. The molecule has 64 valence electrons. The summed E-state index contributed by atoms with van der Waals surface area (Å²) in [5.41, 5.74) is 0. The van der Waals surface area contributed by atoms with Gasteiger partial charge in [-0.2, -0.15) is 0 Å². The lowest BCUT2D eigenvalue weighted by molar-refractivity contribution is -0.126. The molecule has 1 saturated heterocycles. The van der Waals surface area contributed by atoms with Crippen LogP contribution in [0.2, 0.25) is 0 Å². The second-order valence-corrected chi connectivity index (χ2v) is 2.20. The molecule has 0 unspecified atom stereocenters. The van der Waals surface area contributed by atoms with Crippen LogP contribution in [0.25, 0.3) is 0 Å². The van der Waals surface area contributed by atoms with Crippen molar-refractivity contribution < 1.29 is 19.8 Å². The fraction of sp³-hybridized carbons (Fsp3) is 0.667. The Morgan fingerprint density at radius 3 is 2.09 bits per heavy atom. The third-order valence-electron chi connectivity index (χ3n) is 1.31. The maximum Gasteiger partial charge on any atom is 0.503 e. The lowest BCUT2D eigenvalue weighted by Crippen LogP contribution is -2.17. The Labute approximate surface area is 64.2 Å². The molecule has 0 aromatic carbocycles. The van der Waals surface area contributed by atoms with Crippen LogP contribution in [0.15, 0.2) is 0 Å². The van der Waals surface area contributed by atoms with Crippen molar-refractivity contribution in [3.05, 3.63) is 0 Å². The summed E-state index contributed by atoms with van der Waals surface area (Å²) in [5.74, 6) is 0.292. The lowest BCUT2D eigenvalue weighted by atomic mass is 10.4. The molecule has 1 amide bonds. The van der Waals surface area contributed by atoms with Crippen LogP contribution in [0.1, 0.15) is 12.8 Å². The number of carbonyl (C=O) groups is 2. The first-order valence-corrected chi connectivity index (χ1v) is 3.20. The molecule has 1 rings (SSSR count). The first kappa shape index (κ1) is 9.74. The average Bonchev–Trinajstić information content (AvgIpc) is 2.15. The molecule has 11 heavy (non-hydrogen) atoms. The predicted octanol–water partition coefficient (Wildman–Crippen LogP) is 0.461. The zero-order chi connectivity index (χ0) is 8.85. The maximum atomic E-state index is 10.5. The van der Waals surface area contributed by atoms with E-state index in [1.165, 1.54) is 0 Å². The van der Waals surface area contributed by atoms with Gasteiger partial charge in [0, 0.05) is 20.0 Å². The number of hydrogen-bond acceptors (Lipinski definition) is 2. The van der Waals surface area contributed by atoms with Gasteiger partial charge in [0.15, 0.2) is 0 Å². The molecule has 1 aliphatic heterocycles. The SMILES string of the molecule is CN1CCCC1=O.O=C(O)O.